The van der Waals surface area contributed by atoms with Crippen molar-refractivity contribution in [3.63, 3.8) is 0 Å². The average Bonchev–Trinajstić information content (AvgIpc) is 2.52. The Bertz CT molecular complexity index is 595. The number of hydrogen-bond acceptors (Lipinski definition) is 4. The van der Waals surface area contributed by atoms with Gasteiger partial charge in [-0.05, 0) is 17.7 Å². The summed E-state index contributed by atoms with van der Waals surface area (Å²) < 4.78 is 10.2. The van der Waals surface area contributed by atoms with Crippen LogP contribution in [0.15, 0.2) is 49.2 Å². The summed E-state index contributed by atoms with van der Waals surface area (Å²) in [5, 5.41) is 5.24. The van der Waals surface area contributed by atoms with E-state index >= 15 is 0 Å². The summed E-state index contributed by atoms with van der Waals surface area (Å²) in [6, 6.07) is 6.14. The van der Waals surface area contributed by atoms with Crippen LogP contribution in [0.2, 0.25) is 0 Å². The number of esters is 1. The van der Waals surface area contributed by atoms with Gasteiger partial charge >= 0.3 is 12.0 Å². The molecule has 2 rings (SSSR count). The minimum Gasteiger partial charge on any atom is -0.497 e. The molecular formula is C16H18N2O4. The summed E-state index contributed by atoms with van der Waals surface area (Å²) in [5.74, 6) is -0.502. The van der Waals surface area contributed by atoms with Gasteiger partial charge in [0.2, 0.25) is 0 Å². The van der Waals surface area contributed by atoms with Crippen LogP contribution >= 0.6 is 0 Å². The van der Waals surface area contributed by atoms with Crippen molar-refractivity contribution < 1.29 is 19.1 Å². The van der Waals surface area contributed by atoms with E-state index in [4.69, 9.17) is 9.47 Å². The minimum absolute atomic E-state index is 0.103. The summed E-state index contributed by atoms with van der Waals surface area (Å²) in [4.78, 5) is 23.9. The second kappa shape index (κ2) is 6.80. The first-order chi connectivity index (χ1) is 10.6. The van der Waals surface area contributed by atoms with E-state index in [0.29, 0.717) is 11.4 Å². The number of ether oxygens (including phenoxy) is 2. The lowest BCUT2D eigenvalue weighted by Crippen LogP contribution is -2.51. The first-order valence-corrected chi connectivity index (χ1v) is 6.74. The number of carbonyl (C=O) groups excluding carboxylic acids is 2. The van der Waals surface area contributed by atoms with Gasteiger partial charge < -0.3 is 20.1 Å². The third-order valence-electron chi connectivity index (χ3n) is 3.34. The minimum atomic E-state index is -0.717. The van der Waals surface area contributed by atoms with E-state index in [1.807, 2.05) is 0 Å². The Labute approximate surface area is 128 Å². The van der Waals surface area contributed by atoms with Crippen molar-refractivity contribution in [2.75, 3.05) is 13.7 Å². The van der Waals surface area contributed by atoms with Crippen LogP contribution in [0, 0.1) is 5.92 Å². The van der Waals surface area contributed by atoms with Crippen LogP contribution in [0.4, 0.5) is 4.79 Å². The normalized spacial score (nSPS) is 20.6. The maximum Gasteiger partial charge on any atom is 0.319 e. The average molecular weight is 302 g/mol. The third-order valence-corrected chi connectivity index (χ3v) is 3.34. The summed E-state index contributed by atoms with van der Waals surface area (Å²) in [5.41, 5.74) is 1.07. The standard InChI is InChI=1S/C16H18N2O4/c1-4-9-22-15(19)13-10(2)17-16(20)18-14(13)11-5-7-12(21-3)8-6-11/h4-8,13-14H,1-2,9H2,3H3,(H2,17,18,20)/t13-,14+/m0/s1. The van der Waals surface area contributed by atoms with Crippen molar-refractivity contribution in [2.45, 2.75) is 6.04 Å². The van der Waals surface area contributed by atoms with E-state index in [-0.39, 0.29) is 6.61 Å². The highest BCUT2D eigenvalue weighted by molar-refractivity contribution is 5.85. The fourth-order valence-corrected chi connectivity index (χ4v) is 2.28. The quantitative estimate of drug-likeness (QED) is 0.643. The van der Waals surface area contributed by atoms with Gasteiger partial charge in [-0.2, -0.15) is 0 Å². The molecule has 2 amide bonds. The van der Waals surface area contributed by atoms with E-state index in [2.05, 4.69) is 23.8 Å². The van der Waals surface area contributed by atoms with Crippen molar-refractivity contribution in [3.8, 4) is 5.75 Å². The fraction of sp³-hybridized carbons (Fsp3) is 0.250. The van der Waals surface area contributed by atoms with E-state index in [0.717, 1.165) is 5.56 Å². The molecule has 0 aromatic heterocycles. The number of benzene rings is 1. The van der Waals surface area contributed by atoms with Gasteiger partial charge in [0, 0.05) is 5.70 Å². The highest BCUT2D eigenvalue weighted by Crippen LogP contribution is 2.31. The molecule has 1 aromatic carbocycles. The lowest BCUT2D eigenvalue weighted by atomic mass is 9.89. The van der Waals surface area contributed by atoms with Crippen LogP contribution in [0.1, 0.15) is 11.6 Å². The second-order valence-electron chi connectivity index (χ2n) is 4.77. The Kier molecular flexibility index (Phi) is 4.83. The first kappa shape index (κ1) is 15.6. The number of rotatable bonds is 5. The van der Waals surface area contributed by atoms with Gasteiger partial charge in [0.25, 0.3) is 0 Å². The van der Waals surface area contributed by atoms with E-state index in [1.54, 1.807) is 31.4 Å². The molecule has 0 aliphatic carbocycles. The van der Waals surface area contributed by atoms with Crippen LogP contribution in [-0.2, 0) is 9.53 Å². The smallest absolute Gasteiger partial charge is 0.319 e. The highest BCUT2D eigenvalue weighted by Gasteiger charge is 2.38. The third kappa shape index (κ3) is 3.28. The Morgan fingerprint density at radius 3 is 2.64 bits per heavy atom. The molecule has 1 aromatic rings. The molecule has 2 N–H and O–H groups in total. The Hall–Kier alpha value is -2.76. The van der Waals surface area contributed by atoms with Gasteiger partial charge in [-0.15, -0.1) is 0 Å². The summed E-state index contributed by atoms with van der Waals surface area (Å²) in [6.45, 7) is 7.37. The molecule has 0 bridgehead atoms. The van der Waals surface area contributed by atoms with Crippen molar-refractivity contribution in [2.24, 2.45) is 5.92 Å². The molecule has 116 valence electrons. The predicted molar refractivity (Wildman–Crippen MR) is 81.2 cm³/mol. The Balaban J connectivity index is 2.29. The molecule has 6 heteroatoms. The van der Waals surface area contributed by atoms with Crippen LogP contribution in [0.5, 0.6) is 5.75 Å². The highest BCUT2D eigenvalue weighted by atomic mass is 16.5. The number of nitrogens with one attached hydrogen (secondary N) is 2. The number of hydrogen-bond donors (Lipinski definition) is 2. The summed E-state index contributed by atoms with van der Waals surface area (Å²) >= 11 is 0. The van der Waals surface area contributed by atoms with Gasteiger partial charge in [-0.25, -0.2) is 4.79 Å². The molecule has 1 heterocycles. The molecule has 1 aliphatic heterocycles. The second-order valence-corrected chi connectivity index (χ2v) is 4.77. The van der Waals surface area contributed by atoms with Gasteiger partial charge in [0.15, 0.2) is 0 Å². The molecule has 0 unspecified atom stereocenters. The van der Waals surface area contributed by atoms with Crippen LogP contribution < -0.4 is 15.4 Å². The monoisotopic (exact) mass is 302 g/mol. The zero-order valence-electron chi connectivity index (χ0n) is 12.3. The van der Waals surface area contributed by atoms with Crippen molar-refractivity contribution in [1.82, 2.24) is 10.6 Å². The van der Waals surface area contributed by atoms with Gasteiger partial charge in [0.05, 0.1) is 13.2 Å². The number of amides is 2. The Morgan fingerprint density at radius 1 is 1.36 bits per heavy atom. The number of methoxy groups -OCH3 is 1. The lowest BCUT2D eigenvalue weighted by Gasteiger charge is -2.33. The molecule has 22 heavy (non-hydrogen) atoms. The zero-order chi connectivity index (χ0) is 16.1. The van der Waals surface area contributed by atoms with E-state index in [1.165, 1.54) is 6.08 Å². The number of urea groups is 1. The van der Waals surface area contributed by atoms with Gasteiger partial charge in [-0.1, -0.05) is 31.4 Å². The van der Waals surface area contributed by atoms with Gasteiger partial charge in [-0.3, -0.25) is 4.79 Å². The predicted octanol–water partition coefficient (Wildman–Crippen LogP) is 1.91. The molecule has 2 atom stereocenters. The topological polar surface area (TPSA) is 76.7 Å². The lowest BCUT2D eigenvalue weighted by molar-refractivity contribution is -0.147. The van der Waals surface area contributed by atoms with Crippen molar-refractivity contribution in [3.05, 3.63) is 54.8 Å². The van der Waals surface area contributed by atoms with Crippen molar-refractivity contribution >= 4 is 12.0 Å². The van der Waals surface area contributed by atoms with Gasteiger partial charge in [0.1, 0.15) is 18.3 Å². The van der Waals surface area contributed by atoms with Crippen molar-refractivity contribution in [1.29, 1.82) is 0 Å². The van der Waals surface area contributed by atoms with E-state index < -0.39 is 24.0 Å². The molecule has 0 radical (unpaired) electrons. The van der Waals surface area contributed by atoms with E-state index in [9.17, 15) is 9.59 Å². The molecule has 1 fully saturated rings. The molecule has 6 nitrogen and oxygen atoms in total. The summed E-state index contributed by atoms with van der Waals surface area (Å²) in [7, 11) is 1.57. The molecule has 0 spiro atoms. The maximum absolute atomic E-state index is 12.2. The van der Waals surface area contributed by atoms with Crippen LogP contribution in [-0.4, -0.2) is 25.7 Å². The van der Waals surface area contributed by atoms with Crippen LogP contribution in [0.25, 0.3) is 0 Å². The first-order valence-electron chi connectivity index (χ1n) is 6.74. The largest absolute Gasteiger partial charge is 0.497 e. The molecule has 0 saturated carbocycles. The fourth-order valence-electron chi connectivity index (χ4n) is 2.28. The molecular weight excluding hydrogens is 284 g/mol. The zero-order valence-corrected chi connectivity index (χ0v) is 12.3. The number of carbonyl (C=O) groups is 2. The summed E-state index contributed by atoms with van der Waals surface area (Å²) in [6.07, 6.45) is 1.48. The molecule has 1 aliphatic rings. The maximum atomic E-state index is 12.2. The molecule has 1 saturated heterocycles. The van der Waals surface area contributed by atoms with Crippen LogP contribution in [0.3, 0.4) is 0 Å². The SMILES string of the molecule is C=CCOC(=O)[C@H]1C(=C)NC(=O)N[C@@H]1c1ccc(OC)cc1. The Morgan fingerprint density at radius 2 is 2.05 bits per heavy atom.